The Hall–Kier alpha value is -0.370. The van der Waals surface area contributed by atoms with Gasteiger partial charge in [0.2, 0.25) is 0 Å². The van der Waals surface area contributed by atoms with Gasteiger partial charge in [-0.1, -0.05) is 48.0 Å². The molecule has 1 atom stereocenters. The summed E-state index contributed by atoms with van der Waals surface area (Å²) in [5.74, 6) is 0.453. The molecular formula is C11H14BrF. The first-order valence-electron chi connectivity index (χ1n) is 4.49. The predicted octanol–water partition coefficient (Wildman–Crippen LogP) is 4.31. The minimum atomic E-state index is -0.120. The number of alkyl halides is 1. The van der Waals surface area contributed by atoms with Crippen molar-refractivity contribution in [2.45, 2.75) is 25.1 Å². The van der Waals surface area contributed by atoms with Gasteiger partial charge < -0.3 is 0 Å². The van der Waals surface area contributed by atoms with Crippen molar-refractivity contribution in [1.29, 1.82) is 0 Å². The fourth-order valence-corrected chi connectivity index (χ4v) is 2.39. The fraction of sp³-hybridized carbons (Fsp3) is 0.455. The van der Waals surface area contributed by atoms with Gasteiger partial charge in [0.25, 0.3) is 0 Å². The van der Waals surface area contributed by atoms with E-state index in [-0.39, 0.29) is 10.6 Å². The standard InChI is InChI=1S/C11H14BrF/c1-8(2)7-10(12)9-5-3-4-6-11(9)13/h3-6,8,10H,7H2,1-2H3. The van der Waals surface area contributed by atoms with Crippen molar-refractivity contribution in [3.63, 3.8) is 0 Å². The molecule has 0 spiro atoms. The molecule has 0 aliphatic carbocycles. The third-order valence-electron chi connectivity index (χ3n) is 1.92. The molecular weight excluding hydrogens is 231 g/mol. The molecule has 0 bridgehead atoms. The maximum Gasteiger partial charge on any atom is 0.127 e. The van der Waals surface area contributed by atoms with E-state index in [0.717, 1.165) is 12.0 Å². The molecule has 13 heavy (non-hydrogen) atoms. The van der Waals surface area contributed by atoms with Gasteiger partial charge in [-0.25, -0.2) is 4.39 Å². The van der Waals surface area contributed by atoms with Crippen LogP contribution in [0.25, 0.3) is 0 Å². The van der Waals surface area contributed by atoms with Crippen LogP contribution in [-0.4, -0.2) is 0 Å². The topological polar surface area (TPSA) is 0 Å². The Morgan fingerprint density at radius 2 is 1.92 bits per heavy atom. The molecule has 1 aromatic rings. The van der Waals surface area contributed by atoms with Crippen LogP contribution >= 0.6 is 15.9 Å². The first-order valence-corrected chi connectivity index (χ1v) is 5.41. The number of hydrogen-bond donors (Lipinski definition) is 0. The van der Waals surface area contributed by atoms with E-state index in [4.69, 9.17) is 0 Å². The van der Waals surface area contributed by atoms with Gasteiger partial charge in [-0.05, 0) is 18.4 Å². The van der Waals surface area contributed by atoms with E-state index in [1.807, 2.05) is 12.1 Å². The molecule has 0 aromatic heterocycles. The lowest BCUT2D eigenvalue weighted by molar-refractivity contribution is 0.556. The van der Waals surface area contributed by atoms with Gasteiger partial charge in [0, 0.05) is 10.4 Å². The van der Waals surface area contributed by atoms with Crippen LogP contribution in [-0.2, 0) is 0 Å². The molecule has 0 nitrogen and oxygen atoms in total. The molecule has 0 aliphatic rings. The van der Waals surface area contributed by atoms with Crippen LogP contribution in [0, 0.1) is 11.7 Å². The summed E-state index contributed by atoms with van der Waals surface area (Å²) in [6, 6.07) is 6.92. The monoisotopic (exact) mass is 244 g/mol. The third-order valence-corrected chi connectivity index (χ3v) is 2.79. The molecule has 1 rings (SSSR count). The van der Waals surface area contributed by atoms with Crippen LogP contribution in [0.4, 0.5) is 4.39 Å². The Morgan fingerprint density at radius 1 is 1.31 bits per heavy atom. The van der Waals surface area contributed by atoms with E-state index < -0.39 is 0 Å². The molecule has 0 saturated heterocycles. The van der Waals surface area contributed by atoms with Gasteiger partial charge in [0.15, 0.2) is 0 Å². The summed E-state index contributed by atoms with van der Waals surface area (Å²) in [5, 5.41) is 0. The second-order valence-corrected chi connectivity index (χ2v) is 4.72. The van der Waals surface area contributed by atoms with Gasteiger partial charge in [-0.2, -0.15) is 0 Å². The first kappa shape index (κ1) is 10.7. The molecule has 0 aliphatic heterocycles. The lowest BCUT2D eigenvalue weighted by atomic mass is 10.0. The van der Waals surface area contributed by atoms with Gasteiger partial charge in [-0.15, -0.1) is 0 Å². The molecule has 2 heteroatoms. The second kappa shape index (κ2) is 4.75. The highest BCUT2D eigenvalue weighted by Gasteiger charge is 2.12. The van der Waals surface area contributed by atoms with Crippen LogP contribution in [0.3, 0.4) is 0 Å². The van der Waals surface area contributed by atoms with E-state index in [2.05, 4.69) is 29.8 Å². The predicted molar refractivity (Wildman–Crippen MR) is 57.5 cm³/mol. The SMILES string of the molecule is CC(C)CC(Br)c1ccccc1F. The van der Waals surface area contributed by atoms with Crippen molar-refractivity contribution in [1.82, 2.24) is 0 Å². The Balaban J connectivity index is 2.76. The van der Waals surface area contributed by atoms with Crippen molar-refractivity contribution in [2.24, 2.45) is 5.92 Å². The summed E-state index contributed by atoms with van der Waals surface area (Å²) in [6.07, 6.45) is 0.959. The van der Waals surface area contributed by atoms with Crippen LogP contribution < -0.4 is 0 Å². The van der Waals surface area contributed by atoms with Gasteiger partial charge in [0.05, 0.1) is 0 Å². The van der Waals surface area contributed by atoms with E-state index in [9.17, 15) is 4.39 Å². The Labute approximate surface area is 87.3 Å². The number of benzene rings is 1. The summed E-state index contributed by atoms with van der Waals surface area (Å²) in [4.78, 5) is 0.133. The molecule has 0 radical (unpaired) electrons. The van der Waals surface area contributed by atoms with Gasteiger partial charge in [0.1, 0.15) is 5.82 Å². The third kappa shape index (κ3) is 3.11. The lowest BCUT2D eigenvalue weighted by Gasteiger charge is -2.12. The zero-order valence-corrected chi connectivity index (χ0v) is 9.51. The van der Waals surface area contributed by atoms with E-state index in [1.165, 1.54) is 6.07 Å². The zero-order valence-electron chi connectivity index (χ0n) is 7.93. The van der Waals surface area contributed by atoms with Crippen molar-refractivity contribution < 1.29 is 4.39 Å². The average Bonchev–Trinajstić information content (AvgIpc) is 2.03. The lowest BCUT2D eigenvalue weighted by Crippen LogP contribution is -1.98. The van der Waals surface area contributed by atoms with Crippen molar-refractivity contribution in [3.8, 4) is 0 Å². The maximum absolute atomic E-state index is 13.3. The van der Waals surface area contributed by atoms with Gasteiger partial charge >= 0.3 is 0 Å². The molecule has 0 fully saturated rings. The van der Waals surface area contributed by atoms with Crippen LogP contribution in [0.15, 0.2) is 24.3 Å². The molecule has 0 N–H and O–H groups in total. The highest BCUT2D eigenvalue weighted by molar-refractivity contribution is 9.09. The largest absolute Gasteiger partial charge is 0.207 e. The minimum Gasteiger partial charge on any atom is -0.207 e. The number of rotatable bonds is 3. The van der Waals surface area contributed by atoms with Crippen LogP contribution in [0.1, 0.15) is 30.7 Å². The van der Waals surface area contributed by atoms with E-state index >= 15 is 0 Å². The highest BCUT2D eigenvalue weighted by Crippen LogP contribution is 2.30. The Bertz CT molecular complexity index is 271. The smallest absolute Gasteiger partial charge is 0.127 e. The summed E-state index contributed by atoms with van der Waals surface area (Å²) in [5.41, 5.74) is 0.760. The van der Waals surface area contributed by atoms with E-state index in [1.54, 1.807) is 6.07 Å². The molecule has 0 amide bonds. The number of halogens is 2. The van der Waals surface area contributed by atoms with Crippen LogP contribution in [0.5, 0.6) is 0 Å². The molecule has 72 valence electrons. The van der Waals surface area contributed by atoms with Crippen molar-refractivity contribution in [3.05, 3.63) is 35.6 Å². The van der Waals surface area contributed by atoms with Crippen molar-refractivity contribution in [2.75, 3.05) is 0 Å². The normalized spacial score (nSPS) is 13.3. The second-order valence-electron chi connectivity index (χ2n) is 3.62. The highest BCUT2D eigenvalue weighted by atomic mass is 79.9. The number of hydrogen-bond acceptors (Lipinski definition) is 0. The quantitative estimate of drug-likeness (QED) is 0.696. The fourth-order valence-electron chi connectivity index (χ4n) is 1.27. The van der Waals surface area contributed by atoms with E-state index in [0.29, 0.717) is 5.92 Å². The van der Waals surface area contributed by atoms with Crippen LogP contribution in [0.2, 0.25) is 0 Å². The Morgan fingerprint density at radius 3 is 2.46 bits per heavy atom. The maximum atomic E-state index is 13.3. The summed E-state index contributed by atoms with van der Waals surface area (Å²) < 4.78 is 13.3. The zero-order chi connectivity index (χ0) is 9.84. The van der Waals surface area contributed by atoms with Crippen molar-refractivity contribution >= 4 is 15.9 Å². The molecule has 0 saturated carbocycles. The average molecular weight is 245 g/mol. The summed E-state index contributed by atoms with van der Waals surface area (Å²) in [6.45, 7) is 4.27. The first-order chi connectivity index (χ1) is 6.11. The summed E-state index contributed by atoms with van der Waals surface area (Å²) in [7, 11) is 0. The molecule has 1 unspecified atom stereocenters. The Kier molecular flexibility index (Phi) is 3.91. The van der Waals surface area contributed by atoms with Gasteiger partial charge in [-0.3, -0.25) is 0 Å². The molecule has 1 aromatic carbocycles. The molecule has 0 heterocycles. The minimum absolute atomic E-state index is 0.120. The summed E-state index contributed by atoms with van der Waals surface area (Å²) >= 11 is 3.50.